The van der Waals surface area contributed by atoms with Gasteiger partial charge in [-0.15, -0.1) is 0 Å². The molecule has 3 rings (SSSR count). The molecule has 3 aromatic carbocycles. The number of benzene rings is 3. The summed E-state index contributed by atoms with van der Waals surface area (Å²) in [6, 6.07) is 15.8. The Morgan fingerprint density at radius 2 is 1.23 bits per heavy atom. The van der Waals surface area contributed by atoms with E-state index >= 15 is 0 Å². The molecular weight excluding hydrogens is 401 g/mol. The van der Waals surface area contributed by atoms with Gasteiger partial charge in [-0.2, -0.15) is 13.2 Å². The standard InChI is InChI=1S/C23H18F5NO/c24-19-9-3-15(4-10-19)21(16-5-11-20(25)12-6-16)13-14-29-22(30)17-1-7-18(8-2-17)23(26,27)28/h1-12,21H,13-14H2,(H,29,30). The van der Waals surface area contributed by atoms with Crippen LogP contribution in [0.1, 0.15) is 39.4 Å². The summed E-state index contributed by atoms with van der Waals surface area (Å²) >= 11 is 0. The highest BCUT2D eigenvalue weighted by Gasteiger charge is 2.30. The lowest BCUT2D eigenvalue weighted by molar-refractivity contribution is -0.137. The summed E-state index contributed by atoms with van der Waals surface area (Å²) in [7, 11) is 0. The van der Waals surface area contributed by atoms with Gasteiger partial charge >= 0.3 is 6.18 Å². The fraction of sp³-hybridized carbons (Fsp3) is 0.174. The van der Waals surface area contributed by atoms with Crippen molar-refractivity contribution >= 4 is 5.91 Å². The Morgan fingerprint density at radius 3 is 1.67 bits per heavy atom. The number of hydrogen-bond donors (Lipinski definition) is 1. The topological polar surface area (TPSA) is 29.1 Å². The lowest BCUT2D eigenvalue weighted by atomic mass is 9.88. The van der Waals surface area contributed by atoms with E-state index in [1.807, 2.05) is 0 Å². The van der Waals surface area contributed by atoms with Crippen LogP contribution in [-0.4, -0.2) is 12.5 Å². The maximum Gasteiger partial charge on any atom is 0.416 e. The van der Waals surface area contributed by atoms with Crippen LogP contribution in [-0.2, 0) is 6.18 Å². The predicted molar refractivity (Wildman–Crippen MR) is 103 cm³/mol. The Labute approximate surface area is 170 Å². The monoisotopic (exact) mass is 419 g/mol. The van der Waals surface area contributed by atoms with E-state index in [1.54, 1.807) is 24.3 Å². The summed E-state index contributed by atoms with van der Waals surface area (Å²) in [5.74, 6) is -1.49. The van der Waals surface area contributed by atoms with Crippen molar-refractivity contribution in [2.75, 3.05) is 6.54 Å². The molecule has 0 atom stereocenters. The van der Waals surface area contributed by atoms with Crippen molar-refractivity contribution in [1.82, 2.24) is 5.32 Å². The number of carbonyl (C=O) groups excluding carboxylic acids is 1. The SMILES string of the molecule is O=C(NCCC(c1ccc(F)cc1)c1ccc(F)cc1)c1ccc(C(F)(F)F)cc1. The zero-order valence-corrected chi connectivity index (χ0v) is 15.7. The van der Waals surface area contributed by atoms with Gasteiger partial charge in [0.2, 0.25) is 0 Å². The largest absolute Gasteiger partial charge is 0.416 e. The van der Waals surface area contributed by atoms with E-state index in [4.69, 9.17) is 0 Å². The maximum absolute atomic E-state index is 13.3. The molecule has 0 bridgehead atoms. The van der Waals surface area contributed by atoms with Crippen LogP contribution < -0.4 is 5.32 Å². The second kappa shape index (κ2) is 9.07. The highest BCUT2D eigenvalue weighted by atomic mass is 19.4. The molecule has 0 saturated heterocycles. The summed E-state index contributed by atoms with van der Waals surface area (Å²) in [5, 5.41) is 2.68. The minimum atomic E-state index is -4.47. The van der Waals surface area contributed by atoms with E-state index < -0.39 is 17.6 Å². The second-order valence-corrected chi connectivity index (χ2v) is 6.78. The number of rotatable bonds is 6. The van der Waals surface area contributed by atoms with Crippen molar-refractivity contribution in [2.45, 2.75) is 18.5 Å². The molecule has 0 saturated carbocycles. The first-order valence-electron chi connectivity index (χ1n) is 9.20. The van der Waals surface area contributed by atoms with E-state index in [0.29, 0.717) is 6.42 Å². The van der Waals surface area contributed by atoms with Gasteiger partial charge in [-0.25, -0.2) is 8.78 Å². The number of amides is 1. The van der Waals surface area contributed by atoms with Gasteiger partial charge in [0, 0.05) is 18.0 Å². The van der Waals surface area contributed by atoms with Gasteiger partial charge in [0.1, 0.15) is 11.6 Å². The molecule has 2 nitrogen and oxygen atoms in total. The molecule has 1 N–H and O–H groups in total. The fourth-order valence-corrected chi connectivity index (χ4v) is 3.16. The molecule has 0 fully saturated rings. The van der Waals surface area contributed by atoms with Crippen LogP contribution in [0.4, 0.5) is 22.0 Å². The van der Waals surface area contributed by atoms with Gasteiger partial charge in [-0.3, -0.25) is 4.79 Å². The normalized spacial score (nSPS) is 11.5. The van der Waals surface area contributed by atoms with E-state index in [2.05, 4.69) is 5.32 Å². The summed E-state index contributed by atoms with van der Waals surface area (Å²) < 4.78 is 64.5. The van der Waals surface area contributed by atoms with E-state index in [0.717, 1.165) is 35.4 Å². The lowest BCUT2D eigenvalue weighted by Gasteiger charge is -2.19. The smallest absolute Gasteiger partial charge is 0.352 e. The third-order valence-electron chi connectivity index (χ3n) is 4.74. The molecule has 0 radical (unpaired) electrons. The molecule has 0 aliphatic carbocycles. The molecule has 3 aromatic rings. The first-order valence-corrected chi connectivity index (χ1v) is 9.20. The molecule has 0 unspecified atom stereocenters. The molecule has 0 aliphatic heterocycles. The van der Waals surface area contributed by atoms with Crippen LogP contribution >= 0.6 is 0 Å². The number of carbonyl (C=O) groups is 1. The molecule has 0 heterocycles. The van der Waals surface area contributed by atoms with E-state index in [9.17, 15) is 26.7 Å². The average Bonchev–Trinajstić information content (AvgIpc) is 2.72. The first kappa shape index (κ1) is 21.5. The predicted octanol–water partition coefficient (Wildman–Crippen LogP) is 5.94. The third kappa shape index (κ3) is 5.43. The van der Waals surface area contributed by atoms with Gasteiger partial charge < -0.3 is 5.32 Å². The van der Waals surface area contributed by atoms with Crippen LogP contribution in [0, 0.1) is 11.6 Å². The summed E-state index contributed by atoms with van der Waals surface area (Å²) in [5.41, 5.74) is 0.883. The van der Waals surface area contributed by atoms with Crippen LogP contribution in [0.2, 0.25) is 0 Å². The Morgan fingerprint density at radius 1 is 0.767 bits per heavy atom. The number of alkyl halides is 3. The van der Waals surface area contributed by atoms with Gasteiger partial charge in [0.15, 0.2) is 0 Å². The van der Waals surface area contributed by atoms with Crippen molar-refractivity contribution in [2.24, 2.45) is 0 Å². The quantitative estimate of drug-likeness (QED) is 0.493. The van der Waals surface area contributed by atoms with E-state index in [-0.39, 0.29) is 29.7 Å². The van der Waals surface area contributed by atoms with E-state index in [1.165, 1.54) is 24.3 Å². The first-order chi connectivity index (χ1) is 14.2. The van der Waals surface area contributed by atoms with Crippen LogP contribution in [0.5, 0.6) is 0 Å². The Hall–Kier alpha value is -3.22. The molecule has 1 amide bonds. The molecular formula is C23H18F5NO. The lowest BCUT2D eigenvalue weighted by Crippen LogP contribution is -2.26. The van der Waals surface area contributed by atoms with Crippen molar-refractivity contribution in [3.8, 4) is 0 Å². The highest BCUT2D eigenvalue weighted by molar-refractivity contribution is 5.94. The number of nitrogens with one attached hydrogen (secondary N) is 1. The number of hydrogen-bond acceptors (Lipinski definition) is 1. The zero-order chi connectivity index (χ0) is 21.7. The third-order valence-corrected chi connectivity index (χ3v) is 4.74. The molecule has 156 valence electrons. The second-order valence-electron chi connectivity index (χ2n) is 6.78. The molecule has 0 aromatic heterocycles. The minimum Gasteiger partial charge on any atom is -0.352 e. The Balaban J connectivity index is 1.69. The van der Waals surface area contributed by atoms with Crippen LogP contribution in [0.25, 0.3) is 0 Å². The molecule has 0 spiro atoms. The Kier molecular flexibility index (Phi) is 6.50. The molecule has 7 heteroatoms. The van der Waals surface area contributed by atoms with Gasteiger partial charge in [-0.05, 0) is 66.1 Å². The van der Waals surface area contributed by atoms with Crippen molar-refractivity contribution in [3.63, 3.8) is 0 Å². The molecule has 30 heavy (non-hydrogen) atoms. The number of halogens is 5. The minimum absolute atomic E-state index is 0.114. The zero-order valence-electron chi connectivity index (χ0n) is 15.7. The van der Waals surface area contributed by atoms with Crippen LogP contribution in [0.15, 0.2) is 72.8 Å². The van der Waals surface area contributed by atoms with Crippen molar-refractivity contribution in [1.29, 1.82) is 0 Å². The van der Waals surface area contributed by atoms with Crippen molar-refractivity contribution in [3.05, 3.63) is 107 Å². The average molecular weight is 419 g/mol. The summed E-state index contributed by atoms with van der Waals surface area (Å²) in [4.78, 5) is 12.3. The van der Waals surface area contributed by atoms with Crippen LogP contribution in [0.3, 0.4) is 0 Å². The van der Waals surface area contributed by atoms with Gasteiger partial charge in [-0.1, -0.05) is 24.3 Å². The highest BCUT2D eigenvalue weighted by Crippen LogP contribution is 2.30. The summed E-state index contributed by atoms with van der Waals surface area (Å²) in [6.45, 7) is 0.222. The van der Waals surface area contributed by atoms with Gasteiger partial charge in [0.05, 0.1) is 5.56 Å². The Bertz CT molecular complexity index is 935. The molecule has 0 aliphatic rings. The fourth-order valence-electron chi connectivity index (χ4n) is 3.16. The summed E-state index contributed by atoms with van der Waals surface area (Å²) in [6.07, 6.45) is -4.03. The van der Waals surface area contributed by atoms with Crippen molar-refractivity contribution < 1.29 is 26.7 Å². The maximum atomic E-state index is 13.3. The van der Waals surface area contributed by atoms with Gasteiger partial charge in [0.25, 0.3) is 5.91 Å².